The minimum absolute atomic E-state index is 0.120. The highest BCUT2D eigenvalue weighted by atomic mass is 31.2. The minimum Gasteiger partial charge on any atom is -0.332 e. The van der Waals surface area contributed by atoms with Crippen LogP contribution in [0.25, 0.3) is 0 Å². The third-order valence-electron chi connectivity index (χ3n) is 0.440. The fourth-order valence-corrected chi connectivity index (χ4v) is 0. The first-order chi connectivity index (χ1) is 4.29. The molecule has 2 nitrogen and oxygen atoms in total. The van der Waals surface area contributed by atoms with Crippen molar-refractivity contribution in [1.82, 2.24) is 0 Å². The summed E-state index contributed by atoms with van der Waals surface area (Å²) in [6.45, 7) is 9.96. The van der Waals surface area contributed by atoms with Crippen molar-refractivity contribution in [3.8, 4) is 0 Å². The van der Waals surface area contributed by atoms with E-state index in [-0.39, 0.29) is 8.80 Å². The first-order valence-corrected chi connectivity index (χ1v) is 8.69. The van der Waals surface area contributed by atoms with E-state index in [9.17, 15) is 4.57 Å². The highest BCUT2D eigenvalue weighted by Crippen LogP contribution is 2.35. The molecule has 0 fully saturated rings. The molecule has 0 N–H and O–H groups in total. The predicted molar refractivity (Wildman–Crippen MR) is 49.8 cm³/mol. The number of hydrogen-bond donors (Lipinski definition) is 0. The minimum atomic E-state index is -2.15. The van der Waals surface area contributed by atoms with Crippen LogP contribution in [0.4, 0.5) is 0 Å². The SMILES string of the molecule is COP(C)(C)=O.C[Si](C)C. The van der Waals surface area contributed by atoms with Gasteiger partial charge in [-0.2, -0.15) is 0 Å². The summed E-state index contributed by atoms with van der Waals surface area (Å²) < 4.78 is 14.9. The van der Waals surface area contributed by atoms with E-state index in [1.54, 1.807) is 13.3 Å². The zero-order valence-corrected chi connectivity index (χ0v) is 9.66. The molecule has 0 amide bonds. The van der Waals surface area contributed by atoms with E-state index in [1.807, 2.05) is 0 Å². The van der Waals surface area contributed by atoms with Crippen LogP contribution in [0, 0.1) is 0 Å². The maximum Gasteiger partial charge on any atom is 0.196 e. The molecular weight excluding hydrogens is 163 g/mol. The molecule has 0 rings (SSSR count). The van der Waals surface area contributed by atoms with Crippen molar-refractivity contribution < 1.29 is 9.09 Å². The van der Waals surface area contributed by atoms with Crippen molar-refractivity contribution in [3.05, 3.63) is 0 Å². The summed E-state index contributed by atoms with van der Waals surface area (Å²) in [5.74, 6) is 0. The van der Waals surface area contributed by atoms with E-state index >= 15 is 0 Å². The smallest absolute Gasteiger partial charge is 0.196 e. The maximum atomic E-state index is 10.4. The van der Waals surface area contributed by atoms with Gasteiger partial charge in [0.25, 0.3) is 0 Å². The molecule has 0 bridgehead atoms. The van der Waals surface area contributed by atoms with Gasteiger partial charge in [-0.3, -0.25) is 4.57 Å². The van der Waals surface area contributed by atoms with Crippen LogP contribution in [-0.4, -0.2) is 29.2 Å². The van der Waals surface area contributed by atoms with Gasteiger partial charge in [-0.15, -0.1) is 0 Å². The van der Waals surface area contributed by atoms with Crippen LogP contribution in [0.3, 0.4) is 0 Å². The largest absolute Gasteiger partial charge is 0.332 e. The van der Waals surface area contributed by atoms with Crippen molar-refractivity contribution >= 4 is 16.2 Å². The van der Waals surface area contributed by atoms with E-state index < -0.39 is 7.37 Å². The molecule has 63 valence electrons. The van der Waals surface area contributed by atoms with E-state index in [0.717, 1.165) is 0 Å². The van der Waals surface area contributed by atoms with E-state index in [0.29, 0.717) is 0 Å². The van der Waals surface area contributed by atoms with Gasteiger partial charge in [0.1, 0.15) is 0 Å². The number of rotatable bonds is 1. The van der Waals surface area contributed by atoms with Gasteiger partial charge < -0.3 is 4.52 Å². The lowest BCUT2D eigenvalue weighted by Gasteiger charge is -1.98. The second kappa shape index (κ2) is 6.14. The summed E-state index contributed by atoms with van der Waals surface area (Å²) in [5, 5.41) is 0. The van der Waals surface area contributed by atoms with E-state index in [1.165, 1.54) is 7.11 Å². The van der Waals surface area contributed by atoms with Crippen LogP contribution in [-0.2, 0) is 9.09 Å². The monoisotopic (exact) mass is 181 g/mol. The van der Waals surface area contributed by atoms with Crippen LogP contribution < -0.4 is 0 Å². The molecule has 0 aromatic carbocycles. The van der Waals surface area contributed by atoms with Gasteiger partial charge in [-0.25, -0.2) is 0 Å². The third-order valence-corrected chi connectivity index (χ3v) is 1.32. The first kappa shape index (κ1) is 13.0. The van der Waals surface area contributed by atoms with Crippen molar-refractivity contribution in [2.75, 3.05) is 20.4 Å². The van der Waals surface area contributed by atoms with Crippen LogP contribution >= 0.6 is 7.37 Å². The molecule has 0 unspecified atom stereocenters. The Hall–Kier alpha value is 0.407. The molecule has 0 atom stereocenters. The molecule has 0 aliphatic heterocycles. The Kier molecular flexibility index (Phi) is 8.00. The van der Waals surface area contributed by atoms with Crippen molar-refractivity contribution in [1.29, 1.82) is 0 Å². The Morgan fingerprint density at radius 2 is 1.30 bits per heavy atom. The Morgan fingerprint density at radius 1 is 1.20 bits per heavy atom. The van der Waals surface area contributed by atoms with Crippen molar-refractivity contribution in [3.63, 3.8) is 0 Å². The molecule has 0 saturated carbocycles. The summed E-state index contributed by atoms with van der Waals surface area (Å²) >= 11 is 0. The Labute approximate surface area is 66.0 Å². The lowest BCUT2D eigenvalue weighted by atomic mass is 11.8. The van der Waals surface area contributed by atoms with Gasteiger partial charge in [0.2, 0.25) is 0 Å². The molecular formula is C6H18O2PSi. The molecule has 0 aromatic rings. The fourth-order valence-electron chi connectivity index (χ4n) is 0. The summed E-state index contributed by atoms with van der Waals surface area (Å²) in [6, 6.07) is 0. The van der Waals surface area contributed by atoms with Crippen LogP contribution in [0.5, 0.6) is 0 Å². The zero-order valence-electron chi connectivity index (χ0n) is 7.76. The fraction of sp³-hybridized carbons (Fsp3) is 1.00. The Bertz CT molecular complexity index is 106. The molecule has 1 radical (unpaired) electrons. The molecule has 10 heavy (non-hydrogen) atoms. The molecule has 0 spiro atoms. The maximum absolute atomic E-state index is 10.4. The van der Waals surface area contributed by atoms with E-state index in [2.05, 4.69) is 24.2 Å². The summed E-state index contributed by atoms with van der Waals surface area (Å²) in [5.41, 5.74) is 0. The van der Waals surface area contributed by atoms with Gasteiger partial charge in [0, 0.05) is 29.2 Å². The summed E-state index contributed by atoms with van der Waals surface area (Å²) in [6.07, 6.45) is 0. The standard InChI is InChI=1S/C3H9O2P.C3H9Si/c1-5-6(2,3)4;1-4(2)3/h1-3H3;1-3H3. The van der Waals surface area contributed by atoms with Gasteiger partial charge in [0.15, 0.2) is 7.37 Å². The second-order valence-electron chi connectivity index (χ2n) is 2.93. The Morgan fingerprint density at radius 3 is 1.30 bits per heavy atom. The second-order valence-corrected chi connectivity index (χ2v) is 8.80. The number of hydrogen-bond acceptors (Lipinski definition) is 2. The molecule has 0 heterocycles. The Balaban J connectivity index is 0. The van der Waals surface area contributed by atoms with Gasteiger partial charge in [-0.05, 0) is 0 Å². The molecule has 0 aromatic heterocycles. The average Bonchev–Trinajstić information content (AvgIpc) is 1.63. The highest BCUT2D eigenvalue weighted by Gasteiger charge is 1.99. The lowest BCUT2D eigenvalue weighted by Crippen LogP contribution is -1.84. The third kappa shape index (κ3) is 39.7. The van der Waals surface area contributed by atoms with Crippen LogP contribution in [0.1, 0.15) is 0 Å². The van der Waals surface area contributed by atoms with Gasteiger partial charge >= 0.3 is 0 Å². The topological polar surface area (TPSA) is 26.3 Å². The predicted octanol–water partition coefficient (Wildman–Crippen LogP) is 2.54. The lowest BCUT2D eigenvalue weighted by molar-refractivity contribution is 0.404. The highest BCUT2D eigenvalue weighted by molar-refractivity contribution is 7.57. The first-order valence-electron chi connectivity index (χ1n) is 3.17. The van der Waals surface area contributed by atoms with Crippen LogP contribution in [0.2, 0.25) is 19.6 Å². The molecule has 4 heteroatoms. The molecule has 0 saturated heterocycles. The summed E-state index contributed by atoms with van der Waals surface area (Å²) in [4.78, 5) is 0. The van der Waals surface area contributed by atoms with E-state index in [4.69, 9.17) is 0 Å². The van der Waals surface area contributed by atoms with Gasteiger partial charge in [0.05, 0.1) is 0 Å². The van der Waals surface area contributed by atoms with Crippen LogP contribution in [0.15, 0.2) is 0 Å². The quantitative estimate of drug-likeness (QED) is 0.459. The average molecular weight is 181 g/mol. The summed E-state index contributed by atoms with van der Waals surface area (Å²) in [7, 11) is -0.581. The normalized spacial score (nSPS) is 10.7. The molecule has 0 aliphatic carbocycles. The molecule has 0 aliphatic rings. The van der Waals surface area contributed by atoms with Crippen molar-refractivity contribution in [2.24, 2.45) is 0 Å². The van der Waals surface area contributed by atoms with Crippen molar-refractivity contribution in [2.45, 2.75) is 19.6 Å². The van der Waals surface area contributed by atoms with Gasteiger partial charge in [-0.1, -0.05) is 19.6 Å². The zero-order chi connectivity index (χ0) is 8.78.